The fraction of sp³-hybridized carbons (Fsp3) is 0.333. The third kappa shape index (κ3) is 2.15. The summed E-state index contributed by atoms with van der Waals surface area (Å²) < 4.78 is 25.9. The van der Waals surface area contributed by atoms with E-state index in [2.05, 4.69) is 5.32 Å². The summed E-state index contributed by atoms with van der Waals surface area (Å²) >= 11 is 0. The lowest BCUT2D eigenvalue weighted by Gasteiger charge is -2.18. The van der Waals surface area contributed by atoms with Gasteiger partial charge in [0.25, 0.3) is 11.8 Å². The average Bonchev–Trinajstić information content (AvgIpc) is 2.66. The minimum absolute atomic E-state index is 0.0276. The molecule has 0 aromatic heterocycles. The van der Waals surface area contributed by atoms with E-state index in [1.165, 1.54) is 22.5 Å². The Morgan fingerprint density at radius 3 is 2.21 bits per heavy atom. The topological polar surface area (TPSA) is 83.6 Å². The van der Waals surface area contributed by atoms with Crippen LogP contribution in [0.5, 0.6) is 0 Å². The number of amides is 2. The summed E-state index contributed by atoms with van der Waals surface area (Å²) in [5.74, 6) is -1.05. The van der Waals surface area contributed by atoms with E-state index in [4.69, 9.17) is 0 Å². The van der Waals surface area contributed by atoms with E-state index in [0.29, 0.717) is 13.1 Å². The molecule has 1 aromatic rings. The highest BCUT2D eigenvalue weighted by atomic mass is 32.2. The highest BCUT2D eigenvalue weighted by molar-refractivity contribution is 7.89. The standard InChI is InChI=1S/C12H14N2O4S/c1-3-14(4-2)19(17,18)8-5-6-9-10(7-8)12(16)13-11(9)15/h5-7H,3-4H2,1-2H3,(H,13,15,16). The first kappa shape index (κ1) is 13.7. The molecule has 1 aromatic carbocycles. The summed E-state index contributed by atoms with van der Waals surface area (Å²) in [6, 6.07) is 3.97. The second-order valence-corrected chi connectivity index (χ2v) is 6.02. The molecule has 2 rings (SSSR count). The van der Waals surface area contributed by atoms with Gasteiger partial charge in [-0.15, -0.1) is 0 Å². The summed E-state index contributed by atoms with van der Waals surface area (Å²) in [7, 11) is -3.62. The highest BCUT2D eigenvalue weighted by Crippen LogP contribution is 2.22. The smallest absolute Gasteiger partial charge is 0.258 e. The van der Waals surface area contributed by atoms with Crippen molar-refractivity contribution in [1.82, 2.24) is 9.62 Å². The van der Waals surface area contributed by atoms with Crippen molar-refractivity contribution in [2.45, 2.75) is 18.7 Å². The van der Waals surface area contributed by atoms with E-state index in [0.717, 1.165) is 0 Å². The first-order valence-electron chi connectivity index (χ1n) is 5.91. The van der Waals surface area contributed by atoms with Crippen LogP contribution < -0.4 is 5.32 Å². The maximum atomic E-state index is 12.3. The van der Waals surface area contributed by atoms with E-state index in [1.54, 1.807) is 13.8 Å². The molecule has 0 spiro atoms. The lowest BCUT2D eigenvalue weighted by atomic mass is 10.1. The van der Waals surface area contributed by atoms with Gasteiger partial charge in [-0.25, -0.2) is 8.42 Å². The largest absolute Gasteiger partial charge is 0.288 e. The van der Waals surface area contributed by atoms with Crippen LogP contribution in [0, 0.1) is 0 Å². The average molecular weight is 282 g/mol. The van der Waals surface area contributed by atoms with Gasteiger partial charge >= 0.3 is 0 Å². The van der Waals surface area contributed by atoms with Gasteiger partial charge in [0, 0.05) is 13.1 Å². The molecule has 0 fully saturated rings. The van der Waals surface area contributed by atoms with Crippen molar-refractivity contribution in [2.24, 2.45) is 0 Å². The number of hydrogen-bond donors (Lipinski definition) is 1. The fourth-order valence-electron chi connectivity index (χ4n) is 2.02. The van der Waals surface area contributed by atoms with Gasteiger partial charge in [0.05, 0.1) is 16.0 Å². The van der Waals surface area contributed by atoms with Crippen LogP contribution >= 0.6 is 0 Å². The Hall–Kier alpha value is -1.73. The van der Waals surface area contributed by atoms with Crippen LogP contribution in [0.2, 0.25) is 0 Å². The van der Waals surface area contributed by atoms with E-state index >= 15 is 0 Å². The predicted octanol–water partition coefficient (Wildman–Crippen LogP) is 0.601. The second-order valence-electron chi connectivity index (χ2n) is 4.08. The predicted molar refractivity (Wildman–Crippen MR) is 68.3 cm³/mol. The molecular formula is C12H14N2O4S. The Labute approximate surface area is 111 Å². The van der Waals surface area contributed by atoms with Crippen LogP contribution in [-0.2, 0) is 10.0 Å². The molecule has 6 nitrogen and oxygen atoms in total. The normalized spacial score (nSPS) is 14.7. The second kappa shape index (κ2) is 4.75. The van der Waals surface area contributed by atoms with Crippen LogP contribution in [0.15, 0.2) is 23.1 Å². The van der Waals surface area contributed by atoms with Gasteiger partial charge in [-0.05, 0) is 18.2 Å². The molecule has 1 heterocycles. The number of hydrogen-bond acceptors (Lipinski definition) is 4. The first-order chi connectivity index (χ1) is 8.91. The Kier molecular flexibility index (Phi) is 3.42. The molecular weight excluding hydrogens is 268 g/mol. The lowest BCUT2D eigenvalue weighted by Crippen LogP contribution is -2.30. The molecule has 19 heavy (non-hydrogen) atoms. The van der Waals surface area contributed by atoms with Crippen LogP contribution in [0.3, 0.4) is 0 Å². The van der Waals surface area contributed by atoms with Crippen molar-refractivity contribution in [3.05, 3.63) is 29.3 Å². The minimum Gasteiger partial charge on any atom is -0.288 e. The molecule has 7 heteroatoms. The first-order valence-corrected chi connectivity index (χ1v) is 7.35. The Morgan fingerprint density at radius 2 is 1.63 bits per heavy atom. The molecule has 0 bridgehead atoms. The number of sulfonamides is 1. The van der Waals surface area contributed by atoms with Gasteiger partial charge < -0.3 is 0 Å². The molecule has 0 aliphatic carbocycles. The van der Waals surface area contributed by atoms with Crippen LogP contribution in [0.4, 0.5) is 0 Å². The highest BCUT2D eigenvalue weighted by Gasteiger charge is 2.30. The van der Waals surface area contributed by atoms with Gasteiger partial charge in [-0.3, -0.25) is 14.9 Å². The number of imide groups is 1. The van der Waals surface area contributed by atoms with Gasteiger partial charge in [0.2, 0.25) is 10.0 Å². The van der Waals surface area contributed by atoms with Crippen molar-refractivity contribution in [3.63, 3.8) is 0 Å². The van der Waals surface area contributed by atoms with Gasteiger partial charge in [0.1, 0.15) is 0 Å². The quantitative estimate of drug-likeness (QED) is 0.820. The summed E-state index contributed by atoms with van der Waals surface area (Å²) in [5.41, 5.74) is 0.321. The monoisotopic (exact) mass is 282 g/mol. The SMILES string of the molecule is CCN(CC)S(=O)(=O)c1ccc2c(c1)C(=O)NC2=O. The van der Waals surface area contributed by atoms with Gasteiger partial charge in [-0.1, -0.05) is 13.8 Å². The molecule has 0 saturated heterocycles. The molecule has 1 aliphatic rings. The van der Waals surface area contributed by atoms with Crippen molar-refractivity contribution in [3.8, 4) is 0 Å². The molecule has 0 unspecified atom stereocenters. The van der Waals surface area contributed by atoms with Crippen LogP contribution in [0.25, 0.3) is 0 Å². The molecule has 102 valence electrons. The lowest BCUT2D eigenvalue weighted by molar-refractivity contribution is 0.0879. The molecule has 2 amide bonds. The van der Waals surface area contributed by atoms with Gasteiger partial charge in [-0.2, -0.15) is 4.31 Å². The molecule has 0 radical (unpaired) electrons. The number of carbonyl (C=O) groups is 2. The minimum atomic E-state index is -3.62. The number of carbonyl (C=O) groups excluding carboxylic acids is 2. The number of rotatable bonds is 4. The zero-order valence-corrected chi connectivity index (χ0v) is 11.5. The van der Waals surface area contributed by atoms with E-state index in [1.807, 2.05) is 0 Å². The third-order valence-electron chi connectivity index (χ3n) is 3.05. The summed E-state index contributed by atoms with van der Waals surface area (Å²) in [4.78, 5) is 22.9. The molecule has 0 saturated carbocycles. The van der Waals surface area contributed by atoms with Crippen molar-refractivity contribution >= 4 is 21.8 Å². The summed E-state index contributed by atoms with van der Waals surface area (Å²) in [6.07, 6.45) is 0. The van der Waals surface area contributed by atoms with E-state index in [9.17, 15) is 18.0 Å². The third-order valence-corrected chi connectivity index (χ3v) is 5.10. The van der Waals surface area contributed by atoms with E-state index < -0.39 is 21.8 Å². The number of nitrogens with one attached hydrogen (secondary N) is 1. The zero-order valence-electron chi connectivity index (χ0n) is 10.6. The zero-order chi connectivity index (χ0) is 14.2. The number of nitrogens with zero attached hydrogens (tertiary/aromatic N) is 1. The molecule has 1 aliphatic heterocycles. The van der Waals surface area contributed by atoms with Crippen LogP contribution in [0.1, 0.15) is 34.6 Å². The Bertz CT molecular complexity index is 648. The van der Waals surface area contributed by atoms with Gasteiger partial charge in [0.15, 0.2) is 0 Å². The fourth-order valence-corrected chi connectivity index (χ4v) is 3.50. The molecule has 1 N–H and O–H groups in total. The number of fused-ring (bicyclic) bond motifs is 1. The molecule has 0 atom stereocenters. The summed E-state index contributed by atoms with van der Waals surface area (Å²) in [5, 5.41) is 2.13. The van der Waals surface area contributed by atoms with Crippen LogP contribution in [-0.4, -0.2) is 37.6 Å². The maximum absolute atomic E-state index is 12.3. The van der Waals surface area contributed by atoms with Crippen molar-refractivity contribution < 1.29 is 18.0 Å². The number of benzene rings is 1. The Morgan fingerprint density at radius 1 is 1.05 bits per heavy atom. The van der Waals surface area contributed by atoms with Crippen molar-refractivity contribution in [1.29, 1.82) is 0 Å². The van der Waals surface area contributed by atoms with Crippen molar-refractivity contribution in [2.75, 3.05) is 13.1 Å². The van der Waals surface area contributed by atoms with E-state index in [-0.39, 0.29) is 16.0 Å². The Balaban J connectivity index is 2.52. The summed E-state index contributed by atoms with van der Waals surface area (Å²) in [6.45, 7) is 4.18. The maximum Gasteiger partial charge on any atom is 0.258 e.